The van der Waals surface area contributed by atoms with Crippen LogP contribution >= 0.6 is 0 Å². The van der Waals surface area contributed by atoms with Crippen LogP contribution in [0.5, 0.6) is 17.2 Å². The molecule has 0 heterocycles. The molecule has 0 spiro atoms. The lowest BCUT2D eigenvalue weighted by Crippen LogP contribution is -2.20. The van der Waals surface area contributed by atoms with E-state index in [2.05, 4.69) is 15.8 Å². The van der Waals surface area contributed by atoms with Crippen molar-refractivity contribution < 1.29 is 24.2 Å². The first kappa shape index (κ1) is 24.3. The number of phenols is 1. The van der Waals surface area contributed by atoms with Crippen LogP contribution in [0.1, 0.15) is 27.0 Å². The van der Waals surface area contributed by atoms with Gasteiger partial charge in [-0.2, -0.15) is 15.6 Å². The van der Waals surface area contributed by atoms with Gasteiger partial charge < -0.3 is 19.9 Å². The molecule has 3 N–H and O–H groups in total. The molecule has 0 unspecified atom stereocenters. The Balaban J connectivity index is 1.58. The Hall–Kier alpha value is -5.35. The Kier molecular flexibility index (Phi) is 7.98. The maximum Gasteiger partial charge on any atom is 0.271 e. The molecule has 0 fully saturated rings. The van der Waals surface area contributed by atoms with Crippen molar-refractivity contribution in [2.75, 3.05) is 19.0 Å². The van der Waals surface area contributed by atoms with Crippen LogP contribution in [-0.4, -0.2) is 36.9 Å². The Morgan fingerprint density at radius 2 is 1.83 bits per heavy atom. The highest BCUT2D eigenvalue weighted by Gasteiger charge is 2.10. The molecule has 0 atom stereocenters. The number of carbonyl (C=O) groups excluding carboxylic acids is 2. The van der Waals surface area contributed by atoms with Crippen LogP contribution in [0.15, 0.2) is 65.8 Å². The molecule has 10 heteroatoms. The number of amides is 2. The fourth-order valence-corrected chi connectivity index (χ4v) is 2.86. The van der Waals surface area contributed by atoms with Crippen molar-refractivity contribution in [3.8, 4) is 29.4 Å². The molecule has 0 bridgehead atoms. The lowest BCUT2D eigenvalue weighted by atomic mass is 10.1. The molecule has 0 aromatic heterocycles. The van der Waals surface area contributed by atoms with Gasteiger partial charge in [0.1, 0.15) is 23.3 Å². The molecule has 10 nitrogen and oxygen atoms in total. The van der Waals surface area contributed by atoms with Crippen molar-refractivity contribution in [1.82, 2.24) is 5.43 Å². The van der Waals surface area contributed by atoms with E-state index in [1.54, 1.807) is 48.5 Å². The molecule has 0 saturated carbocycles. The zero-order chi connectivity index (χ0) is 25.2. The van der Waals surface area contributed by atoms with Crippen molar-refractivity contribution in [2.45, 2.75) is 0 Å². The monoisotopic (exact) mass is 469 g/mol. The van der Waals surface area contributed by atoms with E-state index in [0.29, 0.717) is 28.3 Å². The summed E-state index contributed by atoms with van der Waals surface area (Å²) in [4.78, 5) is 24.4. The summed E-state index contributed by atoms with van der Waals surface area (Å²) in [6.45, 7) is -0.228. The molecular formula is C25H19N5O5. The standard InChI is InChI=1S/C25H19N5O5/c1-34-23-11-20(29-24(32)15-35-21-7-2-16(12-26)3-8-21)6-4-18(23)14-28-30-25(33)17-5-9-22(31)19(10-17)13-27/h2-11,14,31H,15H2,1H3,(H,29,32)(H,30,33). The lowest BCUT2D eigenvalue weighted by Gasteiger charge is -2.10. The van der Waals surface area contributed by atoms with Gasteiger partial charge in [-0.1, -0.05) is 0 Å². The van der Waals surface area contributed by atoms with E-state index < -0.39 is 11.8 Å². The van der Waals surface area contributed by atoms with Crippen LogP contribution in [0.25, 0.3) is 0 Å². The van der Waals surface area contributed by atoms with Crippen molar-refractivity contribution in [3.63, 3.8) is 0 Å². The number of aromatic hydroxyl groups is 1. The van der Waals surface area contributed by atoms with Crippen LogP contribution in [0.4, 0.5) is 5.69 Å². The highest BCUT2D eigenvalue weighted by atomic mass is 16.5. The number of benzene rings is 3. The number of nitrogens with one attached hydrogen (secondary N) is 2. The maximum atomic E-state index is 12.2. The highest BCUT2D eigenvalue weighted by molar-refractivity contribution is 5.96. The molecule has 0 saturated heterocycles. The second kappa shape index (κ2) is 11.5. The van der Waals surface area contributed by atoms with Crippen LogP contribution < -0.4 is 20.2 Å². The normalized spacial score (nSPS) is 10.1. The smallest absolute Gasteiger partial charge is 0.271 e. The van der Waals surface area contributed by atoms with E-state index in [9.17, 15) is 14.7 Å². The number of anilines is 1. The minimum atomic E-state index is -0.567. The molecule has 0 aliphatic carbocycles. The summed E-state index contributed by atoms with van der Waals surface area (Å²) in [7, 11) is 1.45. The van der Waals surface area contributed by atoms with Gasteiger partial charge in [-0.3, -0.25) is 9.59 Å². The summed E-state index contributed by atoms with van der Waals surface area (Å²) in [5.41, 5.74) is 3.95. The largest absolute Gasteiger partial charge is 0.507 e. The van der Waals surface area contributed by atoms with Crippen LogP contribution in [-0.2, 0) is 4.79 Å². The Bertz CT molecular complexity index is 1350. The van der Waals surface area contributed by atoms with Crippen molar-refractivity contribution in [1.29, 1.82) is 10.5 Å². The number of methoxy groups -OCH3 is 1. The fourth-order valence-electron chi connectivity index (χ4n) is 2.86. The predicted octanol–water partition coefficient (Wildman–Crippen LogP) is 2.93. The minimum absolute atomic E-state index is 0.0248. The fraction of sp³-hybridized carbons (Fsp3) is 0.0800. The van der Waals surface area contributed by atoms with Crippen molar-refractivity contribution in [2.24, 2.45) is 5.10 Å². The summed E-state index contributed by atoms with van der Waals surface area (Å²) in [5, 5.41) is 33.9. The first-order valence-electron chi connectivity index (χ1n) is 10.1. The van der Waals surface area contributed by atoms with E-state index in [1.807, 2.05) is 6.07 Å². The maximum absolute atomic E-state index is 12.2. The van der Waals surface area contributed by atoms with E-state index in [-0.39, 0.29) is 23.5 Å². The predicted molar refractivity (Wildman–Crippen MR) is 126 cm³/mol. The molecule has 0 aliphatic rings. The van der Waals surface area contributed by atoms with Gasteiger partial charge in [0.2, 0.25) is 0 Å². The quantitative estimate of drug-likeness (QED) is 0.338. The Labute approximate surface area is 200 Å². The summed E-state index contributed by atoms with van der Waals surface area (Å²) in [6.07, 6.45) is 1.36. The van der Waals surface area contributed by atoms with Gasteiger partial charge in [-0.05, 0) is 54.6 Å². The molecule has 3 aromatic carbocycles. The highest BCUT2D eigenvalue weighted by Crippen LogP contribution is 2.22. The third-order valence-corrected chi connectivity index (χ3v) is 4.62. The number of nitriles is 2. The van der Waals surface area contributed by atoms with E-state index >= 15 is 0 Å². The lowest BCUT2D eigenvalue weighted by molar-refractivity contribution is -0.118. The molecule has 3 rings (SSSR count). The zero-order valence-corrected chi connectivity index (χ0v) is 18.5. The molecule has 3 aromatic rings. The molecule has 35 heavy (non-hydrogen) atoms. The topological polar surface area (TPSA) is 157 Å². The molecule has 0 aliphatic heterocycles. The van der Waals surface area contributed by atoms with Gasteiger partial charge >= 0.3 is 0 Å². The Morgan fingerprint density at radius 3 is 2.51 bits per heavy atom. The zero-order valence-electron chi connectivity index (χ0n) is 18.5. The van der Waals surface area contributed by atoms with Crippen LogP contribution in [0.2, 0.25) is 0 Å². The Morgan fingerprint density at radius 1 is 1.06 bits per heavy atom. The van der Waals surface area contributed by atoms with Gasteiger partial charge in [0.15, 0.2) is 6.61 Å². The minimum Gasteiger partial charge on any atom is -0.507 e. The van der Waals surface area contributed by atoms with Crippen molar-refractivity contribution >= 4 is 23.7 Å². The van der Waals surface area contributed by atoms with Gasteiger partial charge in [-0.25, -0.2) is 5.43 Å². The van der Waals surface area contributed by atoms with Gasteiger partial charge in [-0.15, -0.1) is 0 Å². The third-order valence-electron chi connectivity index (χ3n) is 4.62. The van der Waals surface area contributed by atoms with Crippen LogP contribution in [0.3, 0.4) is 0 Å². The number of phenolic OH excluding ortho intramolecular Hbond substituents is 1. The van der Waals surface area contributed by atoms with Gasteiger partial charge in [0.05, 0.1) is 30.5 Å². The first-order valence-corrected chi connectivity index (χ1v) is 10.1. The van der Waals surface area contributed by atoms with Crippen LogP contribution in [0, 0.1) is 22.7 Å². The SMILES string of the molecule is COc1cc(NC(=O)COc2ccc(C#N)cc2)ccc1C=NNC(=O)c1ccc(O)c(C#N)c1. The van der Waals surface area contributed by atoms with Gasteiger partial charge in [0, 0.05) is 22.9 Å². The number of hydrogen-bond acceptors (Lipinski definition) is 8. The average molecular weight is 469 g/mol. The van der Waals surface area contributed by atoms with Crippen molar-refractivity contribution in [3.05, 3.63) is 82.9 Å². The number of hydrazone groups is 1. The van der Waals surface area contributed by atoms with Gasteiger partial charge in [0.25, 0.3) is 11.8 Å². The second-order valence-corrected chi connectivity index (χ2v) is 6.97. The van der Waals surface area contributed by atoms with E-state index in [1.165, 1.54) is 31.5 Å². The number of nitrogens with zero attached hydrogens (tertiary/aromatic N) is 3. The summed E-state index contributed by atoms with van der Waals surface area (Å²) >= 11 is 0. The summed E-state index contributed by atoms with van der Waals surface area (Å²) in [5.74, 6) is -0.324. The molecular weight excluding hydrogens is 450 g/mol. The van der Waals surface area contributed by atoms with E-state index in [4.69, 9.17) is 20.0 Å². The molecule has 0 radical (unpaired) electrons. The molecule has 2 amide bonds. The number of rotatable bonds is 8. The first-order chi connectivity index (χ1) is 16.9. The summed E-state index contributed by atoms with van der Waals surface area (Å²) < 4.78 is 10.7. The number of hydrogen-bond donors (Lipinski definition) is 3. The third kappa shape index (κ3) is 6.57. The number of carbonyl (C=O) groups is 2. The number of ether oxygens (including phenoxy) is 2. The molecule has 174 valence electrons. The second-order valence-electron chi connectivity index (χ2n) is 6.97. The van der Waals surface area contributed by atoms with E-state index in [0.717, 1.165) is 0 Å². The summed E-state index contributed by atoms with van der Waals surface area (Å²) in [6, 6.07) is 18.9. The average Bonchev–Trinajstić information content (AvgIpc) is 2.88.